The highest BCUT2D eigenvalue weighted by Gasteiger charge is 2.25. The summed E-state index contributed by atoms with van der Waals surface area (Å²) in [6.07, 6.45) is -1.07. The summed E-state index contributed by atoms with van der Waals surface area (Å²) in [5.74, 6) is 0.308. The molecule has 1 amide bonds. The van der Waals surface area contributed by atoms with Crippen LogP contribution in [0.2, 0.25) is 0 Å². The minimum atomic E-state index is -1.08. The van der Waals surface area contributed by atoms with Crippen LogP contribution in [-0.2, 0) is 14.3 Å². The summed E-state index contributed by atoms with van der Waals surface area (Å²) in [5.41, 5.74) is 2.25. The number of hydrogen-bond acceptors (Lipinski definition) is 5. The van der Waals surface area contributed by atoms with Crippen LogP contribution in [0.15, 0.2) is 78.9 Å². The van der Waals surface area contributed by atoms with Gasteiger partial charge in [0.15, 0.2) is 0 Å². The topological polar surface area (TPSA) is 73.9 Å². The van der Waals surface area contributed by atoms with Crippen LogP contribution in [0.1, 0.15) is 23.7 Å². The summed E-state index contributed by atoms with van der Waals surface area (Å²) in [7, 11) is 1.55. The van der Waals surface area contributed by atoms with Crippen molar-refractivity contribution < 1.29 is 23.8 Å². The number of anilines is 1. The van der Waals surface area contributed by atoms with Gasteiger partial charge in [0.2, 0.25) is 6.10 Å². The lowest BCUT2D eigenvalue weighted by Gasteiger charge is -2.18. The van der Waals surface area contributed by atoms with Gasteiger partial charge in [-0.2, -0.15) is 0 Å². The van der Waals surface area contributed by atoms with E-state index in [-0.39, 0.29) is 13.0 Å². The molecule has 1 N–H and O–H groups in total. The van der Waals surface area contributed by atoms with Gasteiger partial charge in [0.05, 0.1) is 20.1 Å². The average molecular weight is 419 g/mol. The Kier molecular flexibility index (Phi) is 7.65. The van der Waals surface area contributed by atoms with Crippen LogP contribution < -0.4 is 14.8 Å². The molecule has 0 bridgehead atoms. The Labute approximate surface area is 181 Å². The highest BCUT2D eigenvalue weighted by atomic mass is 16.6. The van der Waals surface area contributed by atoms with Crippen molar-refractivity contribution in [2.45, 2.75) is 19.4 Å². The highest BCUT2D eigenvalue weighted by molar-refractivity contribution is 5.96. The van der Waals surface area contributed by atoms with Gasteiger partial charge in [0.25, 0.3) is 5.91 Å². The molecule has 0 fully saturated rings. The average Bonchev–Trinajstić information content (AvgIpc) is 2.79. The molecule has 1 atom stereocenters. The maximum absolute atomic E-state index is 12.9. The standard InChI is InChI=1S/C25H25NO5/c1-18-11-13-21(14-12-18)30-16-15-23(27)31-24(19-7-4-3-5-8-19)25(28)26-20-9-6-10-22(17-20)29-2/h3-14,17,24H,15-16H2,1-2H3,(H,26,28)/t24-/m1/s1. The van der Waals surface area contributed by atoms with Gasteiger partial charge in [-0.25, -0.2) is 0 Å². The van der Waals surface area contributed by atoms with Crippen molar-refractivity contribution in [2.75, 3.05) is 19.0 Å². The Morgan fingerprint density at radius 3 is 2.35 bits per heavy atom. The van der Waals surface area contributed by atoms with E-state index < -0.39 is 18.0 Å². The predicted molar refractivity (Wildman–Crippen MR) is 118 cm³/mol. The molecule has 0 aliphatic carbocycles. The van der Waals surface area contributed by atoms with E-state index in [4.69, 9.17) is 14.2 Å². The number of aryl methyl sites for hydroxylation is 1. The fourth-order valence-electron chi connectivity index (χ4n) is 2.89. The quantitative estimate of drug-likeness (QED) is 0.509. The van der Waals surface area contributed by atoms with E-state index in [9.17, 15) is 9.59 Å². The molecule has 160 valence electrons. The van der Waals surface area contributed by atoms with Crippen molar-refractivity contribution in [1.82, 2.24) is 0 Å². The molecular formula is C25H25NO5. The second kappa shape index (κ2) is 10.8. The van der Waals surface area contributed by atoms with Crippen molar-refractivity contribution in [2.24, 2.45) is 0 Å². The summed E-state index contributed by atoms with van der Waals surface area (Å²) in [4.78, 5) is 25.3. The molecule has 0 heterocycles. The van der Waals surface area contributed by atoms with Gasteiger partial charge in [0, 0.05) is 17.3 Å². The second-order valence-electron chi connectivity index (χ2n) is 6.91. The Hall–Kier alpha value is -3.80. The number of nitrogens with one attached hydrogen (secondary N) is 1. The van der Waals surface area contributed by atoms with Crippen molar-refractivity contribution >= 4 is 17.6 Å². The SMILES string of the molecule is COc1cccc(NC(=O)[C@H](OC(=O)CCOc2ccc(C)cc2)c2ccccc2)c1. The van der Waals surface area contributed by atoms with E-state index in [0.29, 0.717) is 22.7 Å². The number of carbonyl (C=O) groups is 2. The normalized spacial score (nSPS) is 11.3. The van der Waals surface area contributed by atoms with Gasteiger partial charge in [0.1, 0.15) is 11.5 Å². The lowest BCUT2D eigenvalue weighted by Crippen LogP contribution is -2.26. The fraction of sp³-hybridized carbons (Fsp3) is 0.200. The van der Waals surface area contributed by atoms with E-state index in [1.54, 1.807) is 55.6 Å². The van der Waals surface area contributed by atoms with Crippen LogP contribution in [-0.4, -0.2) is 25.6 Å². The molecule has 0 aromatic heterocycles. The van der Waals surface area contributed by atoms with E-state index in [0.717, 1.165) is 5.56 Å². The zero-order valence-electron chi connectivity index (χ0n) is 17.5. The van der Waals surface area contributed by atoms with Gasteiger partial charge >= 0.3 is 5.97 Å². The Morgan fingerprint density at radius 1 is 0.903 bits per heavy atom. The first kappa shape index (κ1) is 21.9. The molecule has 0 unspecified atom stereocenters. The molecule has 0 radical (unpaired) electrons. The van der Waals surface area contributed by atoms with Crippen molar-refractivity contribution in [3.8, 4) is 11.5 Å². The third-order valence-electron chi connectivity index (χ3n) is 4.52. The number of esters is 1. The molecule has 3 aromatic carbocycles. The van der Waals surface area contributed by atoms with E-state index in [1.807, 2.05) is 37.3 Å². The maximum Gasteiger partial charge on any atom is 0.310 e. The number of methoxy groups -OCH3 is 1. The Morgan fingerprint density at radius 2 is 1.65 bits per heavy atom. The van der Waals surface area contributed by atoms with Crippen LogP contribution in [0.3, 0.4) is 0 Å². The fourth-order valence-corrected chi connectivity index (χ4v) is 2.89. The molecule has 31 heavy (non-hydrogen) atoms. The number of ether oxygens (including phenoxy) is 3. The van der Waals surface area contributed by atoms with Crippen molar-refractivity contribution in [1.29, 1.82) is 0 Å². The molecule has 0 aliphatic heterocycles. The maximum atomic E-state index is 12.9. The third kappa shape index (κ3) is 6.60. The zero-order valence-corrected chi connectivity index (χ0v) is 17.5. The lowest BCUT2D eigenvalue weighted by atomic mass is 10.1. The minimum absolute atomic E-state index is 0.0175. The van der Waals surface area contributed by atoms with Gasteiger partial charge in [-0.05, 0) is 31.2 Å². The van der Waals surface area contributed by atoms with Crippen LogP contribution >= 0.6 is 0 Å². The monoisotopic (exact) mass is 419 g/mol. The number of hydrogen-bond donors (Lipinski definition) is 1. The largest absolute Gasteiger partial charge is 0.497 e. The van der Waals surface area contributed by atoms with Crippen molar-refractivity contribution in [3.63, 3.8) is 0 Å². The molecule has 0 saturated carbocycles. The van der Waals surface area contributed by atoms with Crippen LogP contribution in [0.25, 0.3) is 0 Å². The number of rotatable bonds is 9. The van der Waals surface area contributed by atoms with Gasteiger partial charge in [-0.1, -0.05) is 54.1 Å². The van der Waals surface area contributed by atoms with Crippen LogP contribution in [0.4, 0.5) is 5.69 Å². The minimum Gasteiger partial charge on any atom is -0.497 e. The molecule has 6 heteroatoms. The smallest absolute Gasteiger partial charge is 0.310 e. The molecule has 6 nitrogen and oxygen atoms in total. The molecule has 3 rings (SSSR count). The molecule has 3 aromatic rings. The van der Waals surface area contributed by atoms with Crippen LogP contribution in [0, 0.1) is 6.92 Å². The van der Waals surface area contributed by atoms with E-state index >= 15 is 0 Å². The lowest BCUT2D eigenvalue weighted by molar-refractivity contribution is -0.155. The predicted octanol–water partition coefficient (Wildman–Crippen LogP) is 4.70. The van der Waals surface area contributed by atoms with Crippen molar-refractivity contribution in [3.05, 3.63) is 90.0 Å². The first-order chi connectivity index (χ1) is 15.0. The summed E-state index contributed by atoms with van der Waals surface area (Å²) in [6.45, 7) is 2.14. The number of amides is 1. The zero-order chi connectivity index (χ0) is 22.1. The van der Waals surface area contributed by atoms with Gasteiger partial charge < -0.3 is 19.5 Å². The number of carbonyl (C=O) groups excluding carboxylic acids is 2. The van der Waals surface area contributed by atoms with E-state index in [1.165, 1.54) is 0 Å². The summed E-state index contributed by atoms with van der Waals surface area (Å²) in [5, 5.41) is 2.78. The Balaban J connectivity index is 1.63. The molecule has 0 spiro atoms. The molecule has 0 aliphatic rings. The van der Waals surface area contributed by atoms with Gasteiger partial charge in [-0.15, -0.1) is 0 Å². The van der Waals surface area contributed by atoms with Crippen LogP contribution in [0.5, 0.6) is 11.5 Å². The van der Waals surface area contributed by atoms with E-state index in [2.05, 4.69) is 5.32 Å². The summed E-state index contributed by atoms with van der Waals surface area (Å²) < 4.78 is 16.3. The summed E-state index contributed by atoms with van der Waals surface area (Å²) in [6, 6.07) is 23.4. The summed E-state index contributed by atoms with van der Waals surface area (Å²) >= 11 is 0. The number of benzene rings is 3. The first-order valence-electron chi connectivity index (χ1n) is 9.94. The third-order valence-corrected chi connectivity index (χ3v) is 4.52. The first-order valence-corrected chi connectivity index (χ1v) is 9.94. The molecular weight excluding hydrogens is 394 g/mol. The highest BCUT2D eigenvalue weighted by Crippen LogP contribution is 2.23. The molecule has 0 saturated heterocycles. The Bertz CT molecular complexity index is 1000. The second-order valence-corrected chi connectivity index (χ2v) is 6.91. The van der Waals surface area contributed by atoms with Gasteiger partial charge in [-0.3, -0.25) is 9.59 Å².